The monoisotopic (exact) mass is 261 g/mol. The van der Waals surface area contributed by atoms with E-state index in [0.29, 0.717) is 10.4 Å². The number of aryl methyl sites for hydroxylation is 1. The van der Waals surface area contributed by atoms with Gasteiger partial charge in [0.25, 0.3) is 5.69 Å². The summed E-state index contributed by atoms with van der Waals surface area (Å²) in [4.78, 5) is 23.1. The van der Waals surface area contributed by atoms with Crippen LogP contribution < -0.4 is 0 Å². The predicted octanol–water partition coefficient (Wildman–Crippen LogP) is 3.39. The van der Waals surface area contributed by atoms with Gasteiger partial charge in [0, 0.05) is 18.1 Å². The van der Waals surface area contributed by atoms with Crippen molar-refractivity contribution in [1.82, 2.24) is 0 Å². The van der Waals surface area contributed by atoms with E-state index in [1.165, 1.54) is 17.4 Å². The summed E-state index contributed by atoms with van der Waals surface area (Å²) in [7, 11) is 0. The van der Waals surface area contributed by atoms with Crippen LogP contribution in [-0.2, 0) is 6.42 Å². The number of nitro groups is 1. The number of benzene rings is 1. The number of thiophene rings is 1. The van der Waals surface area contributed by atoms with E-state index in [-0.39, 0.29) is 17.9 Å². The Hall–Kier alpha value is -2.01. The number of ketones is 1. The highest BCUT2D eigenvalue weighted by Crippen LogP contribution is 2.22. The fourth-order valence-electron chi connectivity index (χ4n) is 1.75. The number of nitrogens with zero attached hydrogens (tertiary/aromatic N) is 1. The number of carbonyl (C=O) groups excluding carboxylic acids is 1. The Morgan fingerprint density at radius 3 is 2.67 bits per heavy atom. The molecule has 2 rings (SSSR count). The van der Waals surface area contributed by atoms with E-state index in [4.69, 9.17) is 0 Å². The number of Topliss-reactive ketones (excluding diaryl/α,β-unsaturated/α-hetero) is 1. The van der Waals surface area contributed by atoms with E-state index in [9.17, 15) is 14.9 Å². The van der Waals surface area contributed by atoms with E-state index >= 15 is 0 Å². The molecular formula is C13H11NO3S. The molecule has 0 unspecified atom stereocenters. The summed E-state index contributed by atoms with van der Waals surface area (Å²) in [5.74, 6) is -0.0724. The molecular weight excluding hydrogens is 250 g/mol. The van der Waals surface area contributed by atoms with Crippen molar-refractivity contribution in [2.75, 3.05) is 0 Å². The molecule has 1 aromatic heterocycles. The summed E-state index contributed by atoms with van der Waals surface area (Å²) >= 11 is 1.37. The minimum Gasteiger partial charge on any atom is -0.293 e. The van der Waals surface area contributed by atoms with E-state index in [1.807, 2.05) is 18.4 Å². The average Bonchev–Trinajstić information content (AvgIpc) is 2.76. The number of para-hydroxylation sites is 1. The zero-order valence-corrected chi connectivity index (χ0v) is 10.6. The highest BCUT2D eigenvalue weighted by atomic mass is 32.1. The molecule has 0 bridgehead atoms. The molecule has 5 heteroatoms. The Bertz CT molecular complexity index is 604. The van der Waals surface area contributed by atoms with Crippen LogP contribution in [0, 0.1) is 17.0 Å². The maximum Gasteiger partial charge on any atom is 0.273 e. The van der Waals surface area contributed by atoms with Gasteiger partial charge in [-0.05, 0) is 23.9 Å². The summed E-state index contributed by atoms with van der Waals surface area (Å²) in [5, 5.41) is 12.7. The molecule has 4 nitrogen and oxygen atoms in total. The Kier molecular flexibility index (Phi) is 3.53. The zero-order chi connectivity index (χ0) is 13.1. The van der Waals surface area contributed by atoms with Crippen LogP contribution in [0.25, 0.3) is 0 Å². The lowest BCUT2D eigenvalue weighted by molar-refractivity contribution is -0.385. The second-order valence-corrected chi connectivity index (χ2v) is 4.83. The molecule has 1 aromatic carbocycles. The molecule has 92 valence electrons. The van der Waals surface area contributed by atoms with Crippen LogP contribution in [0.4, 0.5) is 5.69 Å². The van der Waals surface area contributed by atoms with Crippen molar-refractivity contribution in [3.63, 3.8) is 0 Å². The largest absolute Gasteiger partial charge is 0.293 e. The third kappa shape index (κ3) is 2.46. The third-order valence-corrected chi connectivity index (χ3v) is 3.71. The van der Waals surface area contributed by atoms with Crippen LogP contribution in [0.2, 0.25) is 0 Å². The van der Waals surface area contributed by atoms with Crippen molar-refractivity contribution in [3.05, 3.63) is 61.8 Å². The van der Waals surface area contributed by atoms with E-state index < -0.39 is 4.92 Å². The molecule has 0 amide bonds. The van der Waals surface area contributed by atoms with Gasteiger partial charge in [0.2, 0.25) is 0 Å². The molecule has 0 N–H and O–H groups in total. The van der Waals surface area contributed by atoms with E-state index in [1.54, 1.807) is 18.2 Å². The lowest BCUT2D eigenvalue weighted by Gasteiger charge is -2.02. The fraction of sp³-hybridized carbons (Fsp3) is 0.154. The summed E-state index contributed by atoms with van der Waals surface area (Å²) in [6, 6.07) is 8.22. The molecule has 1 heterocycles. The lowest BCUT2D eigenvalue weighted by atomic mass is 10.0. The topological polar surface area (TPSA) is 60.2 Å². The first-order valence-corrected chi connectivity index (χ1v) is 6.27. The quantitative estimate of drug-likeness (QED) is 0.481. The van der Waals surface area contributed by atoms with Crippen LogP contribution >= 0.6 is 11.3 Å². The first-order valence-electron chi connectivity index (χ1n) is 5.39. The second-order valence-electron chi connectivity index (χ2n) is 3.92. The van der Waals surface area contributed by atoms with Gasteiger partial charge in [0.15, 0.2) is 5.78 Å². The maximum absolute atomic E-state index is 12.1. The van der Waals surface area contributed by atoms with Crippen LogP contribution in [0.5, 0.6) is 0 Å². The molecule has 0 fully saturated rings. The Morgan fingerprint density at radius 1 is 1.33 bits per heavy atom. The SMILES string of the molecule is Cc1ccsc1C(=O)Cc1ccccc1[N+](=O)[O-]. The second kappa shape index (κ2) is 5.10. The van der Waals surface area contributed by atoms with Gasteiger partial charge in [-0.1, -0.05) is 18.2 Å². The highest BCUT2D eigenvalue weighted by molar-refractivity contribution is 7.12. The van der Waals surface area contributed by atoms with Gasteiger partial charge in [0.05, 0.1) is 9.80 Å². The third-order valence-electron chi connectivity index (χ3n) is 2.65. The minimum absolute atomic E-state index is 0.0000548. The Balaban J connectivity index is 2.28. The molecule has 0 aliphatic carbocycles. The first-order chi connectivity index (χ1) is 8.59. The first kappa shape index (κ1) is 12.4. The van der Waals surface area contributed by atoms with Crippen molar-refractivity contribution in [2.24, 2.45) is 0 Å². The maximum atomic E-state index is 12.1. The number of carbonyl (C=O) groups is 1. The number of nitro benzene ring substituents is 1. The van der Waals surface area contributed by atoms with Gasteiger partial charge in [-0.2, -0.15) is 0 Å². The molecule has 0 radical (unpaired) electrons. The van der Waals surface area contributed by atoms with Gasteiger partial charge in [0.1, 0.15) is 0 Å². The average molecular weight is 261 g/mol. The standard InChI is InChI=1S/C13H11NO3S/c1-9-6-7-18-13(9)12(15)8-10-4-2-3-5-11(10)14(16)17/h2-7H,8H2,1H3. The highest BCUT2D eigenvalue weighted by Gasteiger charge is 2.18. The molecule has 0 saturated carbocycles. The Morgan fingerprint density at radius 2 is 2.06 bits per heavy atom. The van der Waals surface area contributed by atoms with Gasteiger partial charge in [-0.3, -0.25) is 14.9 Å². The van der Waals surface area contributed by atoms with Crippen LogP contribution in [0.1, 0.15) is 20.8 Å². The van der Waals surface area contributed by atoms with Crippen molar-refractivity contribution in [1.29, 1.82) is 0 Å². The molecule has 0 aliphatic heterocycles. The van der Waals surface area contributed by atoms with Crippen LogP contribution in [0.15, 0.2) is 35.7 Å². The summed E-state index contributed by atoms with van der Waals surface area (Å²) in [6.07, 6.45) is 0.0680. The van der Waals surface area contributed by atoms with Crippen LogP contribution in [0.3, 0.4) is 0 Å². The van der Waals surface area contributed by atoms with Crippen LogP contribution in [-0.4, -0.2) is 10.7 Å². The molecule has 0 saturated heterocycles. The molecule has 2 aromatic rings. The van der Waals surface area contributed by atoms with Gasteiger partial charge < -0.3 is 0 Å². The van der Waals surface area contributed by atoms with Gasteiger partial charge >= 0.3 is 0 Å². The number of rotatable bonds is 4. The van der Waals surface area contributed by atoms with Gasteiger partial charge in [-0.15, -0.1) is 11.3 Å². The lowest BCUT2D eigenvalue weighted by Crippen LogP contribution is -2.05. The van der Waals surface area contributed by atoms with Crippen molar-refractivity contribution < 1.29 is 9.72 Å². The molecule has 0 aliphatic rings. The number of hydrogen-bond acceptors (Lipinski definition) is 4. The summed E-state index contributed by atoms with van der Waals surface area (Å²) < 4.78 is 0. The minimum atomic E-state index is -0.454. The predicted molar refractivity (Wildman–Crippen MR) is 70.2 cm³/mol. The normalized spacial score (nSPS) is 10.3. The zero-order valence-electron chi connectivity index (χ0n) is 9.75. The summed E-state index contributed by atoms with van der Waals surface area (Å²) in [5.41, 5.74) is 1.38. The van der Waals surface area contributed by atoms with Crippen molar-refractivity contribution in [3.8, 4) is 0 Å². The smallest absolute Gasteiger partial charge is 0.273 e. The van der Waals surface area contributed by atoms with Gasteiger partial charge in [-0.25, -0.2) is 0 Å². The van der Waals surface area contributed by atoms with E-state index in [2.05, 4.69) is 0 Å². The van der Waals surface area contributed by atoms with Crippen molar-refractivity contribution in [2.45, 2.75) is 13.3 Å². The number of hydrogen-bond donors (Lipinski definition) is 0. The molecule has 0 atom stereocenters. The van der Waals surface area contributed by atoms with Crippen molar-refractivity contribution >= 4 is 22.8 Å². The Labute approximate surface area is 108 Å². The molecule has 18 heavy (non-hydrogen) atoms. The molecule has 0 spiro atoms. The van der Waals surface area contributed by atoms with E-state index in [0.717, 1.165) is 5.56 Å². The summed E-state index contributed by atoms with van der Waals surface area (Å²) in [6.45, 7) is 1.86. The fourth-order valence-corrected chi connectivity index (χ4v) is 2.62.